The zero-order valence-corrected chi connectivity index (χ0v) is 19.3. The molecule has 168 valence electrons. The summed E-state index contributed by atoms with van der Waals surface area (Å²) >= 11 is 1.93. The molecule has 1 unspecified atom stereocenters. The van der Waals surface area contributed by atoms with Gasteiger partial charge in [-0.25, -0.2) is 0 Å². The molecule has 2 rings (SSSR count). The lowest BCUT2D eigenvalue weighted by Crippen LogP contribution is -2.50. The second-order valence-electron chi connectivity index (χ2n) is 7.53. The Bertz CT molecular complexity index is 965. The summed E-state index contributed by atoms with van der Waals surface area (Å²) in [6.45, 7) is 6.63. The van der Waals surface area contributed by atoms with Crippen LogP contribution in [-0.4, -0.2) is 51.7 Å². The summed E-state index contributed by atoms with van der Waals surface area (Å²) < 4.78 is 8.84. The van der Waals surface area contributed by atoms with Gasteiger partial charge in [-0.05, 0) is 50.7 Å². The average molecular weight is 468 g/mol. The number of rotatable bonds is 8. The number of nitrogens with zero attached hydrogens (tertiary/aromatic N) is 2. The van der Waals surface area contributed by atoms with Gasteiger partial charge in [-0.3, -0.25) is 19.2 Å². The molecule has 0 saturated carbocycles. The molecular formula is C19H25N5O5S2. The zero-order valence-electron chi connectivity index (χ0n) is 17.6. The summed E-state index contributed by atoms with van der Waals surface area (Å²) in [5, 5.41) is 4.60. The van der Waals surface area contributed by atoms with Gasteiger partial charge >= 0.3 is 5.97 Å². The number of thiophene rings is 1. The minimum Gasteiger partial charge on any atom is -0.465 e. The Morgan fingerprint density at radius 3 is 2.45 bits per heavy atom. The van der Waals surface area contributed by atoms with Crippen LogP contribution in [0.15, 0.2) is 17.5 Å². The van der Waals surface area contributed by atoms with E-state index < -0.39 is 41.8 Å². The highest BCUT2D eigenvalue weighted by atomic mass is 32.1. The number of esters is 1. The molecule has 0 radical (unpaired) electrons. The van der Waals surface area contributed by atoms with Gasteiger partial charge in [0.15, 0.2) is 5.69 Å². The second kappa shape index (κ2) is 9.88. The van der Waals surface area contributed by atoms with Crippen molar-refractivity contribution in [3.05, 3.63) is 33.0 Å². The Hall–Kier alpha value is -2.99. The highest BCUT2D eigenvalue weighted by Crippen LogP contribution is 2.31. The van der Waals surface area contributed by atoms with E-state index in [0.29, 0.717) is 16.4 Å². The number of hydrogen-bond donors (Lipinski definition) is 3. The number of nitrogen functional groups attached to an aromatic ring is 1. The van der Waals surface area contributed by atoms with Gasteiger partial charge in [0, 0.05) is 10.4 Å². The van der Waals surface area contributed by atoms with Crippen molar-refractivity contribution in [2.24, 2.45) is 5.73 Å². The maximum atomic E-state index is 13.4. The lowest BCUT2D eigenvalue weighted by molar-refractivity contribution is -0.145. The summed E-state index contributed by atoms with van der Waals surface area (Å²) in [6.07, 6.45) is 0. The van der Waals surface area contributed by atoms with Gasteiger partial charge in [-0.2, -0.15) is 4.37 Å². The van der Waals surface area contributed by atoms with Crippen LogP contribution < -0.4 is 16.8 Å². The highest BCUT2D eigenvalue weighted by molar-refractivity contribution is 7.10. The Kier molecular flexibility index (Phi) is 7.74. The van der Waals surface area contributed by atoms with E-state index in [1.807, 2.05) is 0 Å². The third-order valence-corrected chi connectivity index (χ3v) is 5.67. The van der Waals surface area contributed by atoms with Crippen molar-refractivity contribution in [3.63, 3.8) is 0 Å². The standard InChI is InChI=1S/C19H25N5O5S2/c1-5-29-11(25)9-24(18(28)15-12(20)13(16(21)26)23-31-15)14(10-7-6-8-30-10)17(27)22-19(2,3)4/h6-8,14H,5,9,20H2,1-4H3,(H2,21,26)(H,22,27). The first kappa shape index (κ1) is 24.3. The monoisotopic (exact) mass is 467 g/mol. The van der Waals surface area contributed by atoms with E-state index in [-0.39, 0.29) is 22.9 Å². The molecule has 0 aliphatic heterocycles. The summed E-state index contributed by atoms with van der Waals surface area (Å²) in [6, 6.07) is 2.29. The molecule has 5 N–H and O–H groups in total. The van der Waals surface area contributed by atoms with Gasteiger partial charge in [0.05, 0.1) is 12.3 Å². The van der Waals surface area contributed by atoms with Crippen LogP contribution in [0, 0.1) is 0 Å². The molecule has 0 fully saturated rings. The Morgan fingerprint density at radius 2 is 1.97 bits per heavy atom. The molecule has 10 nitrogen and oxygen atoms in total. The molecule has 0 aliphatic carbocycles. The summed E-state index contributed by atoms with van der Waals surface area (Å²) in [5.41, 5.74) is 10.1. The van der Waals surface area contributed by atoms with Crippen molar-refractivity contribution in [1.29, 1.82) is 0 Å². The Balaban J connectivity index is 2.55. The first-order valence-corrected chi connectivity index (χ1v) is 11.0. The molecule has 2 heterocycles. The first-order chi connectivity index (χ1) is 14.5. The molecule has 0 aromatic carbocycles. The van der Waals surface area contributed by atoms with E-state index in [2.05, 4.69) is 9.69 Å². The van der Waals surface area contributed by atoms with Crippen LogP contribution in [0.25, 0.3) is 0 Å². The normalized spacial score (nSPS) is 12.1. The lowest BCUT2D eigenvalue weighted by Gasteiger charge is -2.32. The number of primary amides is 1. The van der Waals surface area contributed by atoms with Crippen molar-refractivity contribution in [1.82, 2.24) is 14.6 Å². The fourth-order valence-corrected chi connectivity index (χ4v) is 4.29. The molecule has 31 heavy (non-hydrogen) atoms. The molecule has 2 aromatic heterocycles. The molecule has 1 atom stereocenters. The fourth-order valence-electron chi connectivity index (χ4n) is 2.69. The van der Waals surface area contributed by atoms with E-state index in [9.17, 15) is 19.2 Å². The predicted octanol–water partition coefficient (Wildman–Crippen LogP) is 1.55. The number of nitrogens with two attached hydrogens (primary N) is 2. The summed E-state index contributed by atoms with van der Waals surface area (Å²) in [4.78, 5) is 52.0. The summed E-state index contributed by atoms with van der Waals surface area (Å²) in [5.74, 6) is -2.80. The molecule has 0 aliphatic rings. The van der Waals surface area contributed by atoms with Crippen molar-refractivity contribution >= 4 is 52.2 Å². The minimum atomic E-state index is -1.13. The molecule has 0 bridgehead atoms. The first-order valence-electron chi connectivity index (χ1n) is 9.33. The zero-order chi connectivity index (χ0) is 23.3. The molecule has 12 heteroatoms. The van der Waals surface area contributed by atoms with E-state index in [0.717, 1.165) is 4.90 Å². The number of ether oxygens (including phenoxy) is 1. The number of carbonyl (C=O) groups is 4. The van der Waals surface area contributed by atoms with Gasteiger partial charge < -0.3 is 26.4 Å². The van der Waals surface area contributed by atoms with E-state index in [4.69, 9.17) is 16.2 Å². The smallest absolute Gasteiger partial charge is 0.325 e. The fraction of sp³-hybridized carbons (Fsp3) is 0.421. The molecule has 3 amide bonds. The van der Waals surface area contributed by atoms with Crippen LogP contribution >= 0.6 is 22.9 Å². The van der Waals surface area contributed by atoms with Crippen LogP contribution in [0.5, 0.6) is 0 Å². The van der Waals surface area contributed by atoms with Crippen molar-refractivity contribution in [3.8, 4) is 0 Å². The second-order valence-corrected chi connectivity index (χ2v) is 9.29. The van der Waals surface area contributed by atoms with Crippen LogP contribution in [0.4, 0.5) is 5.69 Å². The number of hydrogen-bond acceptors (Lipinski definition) is 9. The van der Waals surface area contributed by atoms with Gasteiger partial charge in [-0.1, -0.05) is 6.07 Å². The quantitative estimate of drug-likeness (QED) is 0.497. The third-order valence-electron chi connectivity index (χ3n) is 3.89. The predicted molar refractivity (Wildman–Crippen MR) is 118 cm³/mol. The SMILES string of the molecule is CCOC(=O)CN(C(=O)c1snc(C(N)=O)c1N)C(C(=O)NC(C)(C)C)c1cccs1. The van der Waals surface area contributed by atoms with Crippen molar-refractivity contribution in [2.45, 2.75) is 39.3 Å². The Morgan fingerprint density at radius 1 is 1.29 bits per heavy atom. The van der Waals surface area contributed by atoms with Crippen LogP contribution in [0.1, 0.15) is 58.8 Å². The maximum absolute atomic E-state index is 13.4. The molecule has 0 spiro atoms. The number of anilines is 1. The molecule has 0 saturated heterocycles. The largest absolute Gasteiger partial charge is 0.465 e. The summed E-state index contributed by atoms with van der Waals surface area (Å²) in [7, 11) is 0. The van der Waals surface area contributed by atoms with Gasteiger partial charge in [-0.15, -0.1) is 11.3 Å². The number of amides is 3. The van der Waals surface area contributed by atoms with Crippen LogP contribution in [0.2, 0.25) is 0 Å². The van der Waals surface area contributed by atoms with Crippen LogP contribution in [-0.2, 0) is 14.3 Å². The van der Waals surface area contributed by atoms with E-state index >= 15 is 0 Å². The van der Waals surface area contributed by atoms with E-state index in [1.165, 1.54) is 11.3 Å². The van der Waals surface area contributed by atoms with Gasteiger partial charge in [0.2, 0.25) is 5.91 Å². The van der Waals surface area contributed by atoms with E-state index in [1.54, 1.807) is 45.2 Å². The topological polar surface area (TPSA) is 158 Å². The van der Waals surface area contributed by atoms with Gasteiger partial charge in [0.1, 0.15) is 17.5 Å². The average Bonchev–Trinajstić information content (AvgIpc) is 3.29. The van der Waals surface area contributed by atoms with Gasteiger partial charge in [0.25, 0.3) is 11.8 Å². The number of nitrogens with one attached hydrogen (secondary N) is 1. The Labute approximate surface area is 187 Å². The number of aromatic nitrogens is 1. The number of carbonyl (C=O) groups excluding carboxylic acids is 4. The van der Waals surface area contributed by atoms with Crippen molar-refractivity contribution < 1.29 is 23.9 Å². The van der Waals surface area contributed by atoms with Crippen molar-refractivity contribution in [2.75, 3.05) is 18.9 Å². The molecular weight excluding hydrogens is 442 g/mol. The third kappa shape index (κ3) is 6.01. The maximum Gasteiger partial charge on any atom is 0.325 e. The highest BCUT2D eigenvalue weighted by Gasteiger charge is 2.37. The van der Waals surface area contributed by atoms with Crippen LogP contribution in [0.3, 0.4) is 0 Å². The lowest BCUT2D eigenvalue weighted by atomic mass is 10.1. The minimum absolute atomic E-state index is 0.0942. The molecule has 2 aromatic rings.